The third-order valence-corrected chi connectivity index (χ3v) is 5.53. The molecule has 0 bridgehead atoms. The standard InChI is InChI=1S/C19H20F3NO7S/c1-28-15-4-3-5-16(29-2)17(15)30-11-13(24)10-23-18(25)12-6-8-14(9-7-12)31(26,27)19(20,21)22/h3-9,13,24H,10-11H2,1-2H3,(H,23,25). The van der Waals surface area contributed by atoms with Crippen LogP contribution in [0.4, 0.5) is 13.2 Å². The molecular weight excluding hydrogens is 443 g/mol. The van der Waals surface area contributed by atoms with Gasteiger partial charge in [-0.2, -0.15) is 13.2 Å². The van der Waals surface area contributed by atoms with Crippen molar-refractivity contribution in [2.75, 3.05) is 27.4 Å². The summed E-state index contributed by atoms with van der Waals surface area (Å²) in [7, 11) is -2.63. The van der Waals surface area contributed by atoms with Crippen LogP contribution in [0.2, 0.25) is 0 Å². The molecule has 0 saturated carbocycles. The van der Waals surface area contributed by atoms with Crippen molar-refractivity contribution < 1.29 is 45.7 Å². The molecule has 0 aliphatic heterocycles. The van der Waals surface area contributed by atoms with E-state index in [4.69, 9.17) is 14.2 Å². The van der Waals surface area contributed by atoms with Crippen molar-refractivity contribution in [2.24, 2.45) is 0 Å². The van der Waals surface area contributed by atoms with Gasteiger partial charge in [0.2, 0.25) is 5.75 Å². The maximum absolute atomic E-state index is 12.6. The minimum absolute atomic E-state index is 0.0827. The average molecular weight is 463 g/mol. The molecule has 2 aromatic rings. The van der Waals surface area contributed by atoms with Crippen molar-refractivity contribution in [1.82, 2.24) is 5.32 Å². The van der Waals surface area contributed by atoms with Gasteiger partial charge in [0, 0.05) is 12.1 Å². The average Bonchev–Trinajstić information content (AvgIpc) is 2.74. The fourth-order valence-electron chi connectivity index (χ4n) is 2.43. The molecule has 2 rings (SSSR count). The second kappa shape index (κ2) is 9.88. The quantitative estimate of drug-likeness (QED) is 0.586. The molecule has 0 aromatic heterocycles. The lowest BCUT2D eigenvalue weighted by Gasteiger charge is -2.17. The highest BCUT2D eigenvalue weighted by Crippen LogP contribution is 2.36. The number of hydrogen-bond acceptors (Lipinski definition) is 7. The van der Waals surface area contributed by atoms with Crippen LogP contribution in [-0.4, -0.2) is 58.4 Å². The predicted molar refractivity (Wildman–Crippen MR) is 103 cm³/mol. The molecule has 31 heavy (non-hydrogen) atoms. The fourth-order valence-corrected chi connectivity index (χ4v) is 3.19. The van der Waals surface area contributed by atoms with Gasteiger partial charge in [-0.05, 0) is 36.4 Å². The van der Waals surface area contributed by atoms with E-state index in [2.05, 4.69) is 5.32 Å². The highest BCUT2D eigenvalue weighted by Gasteiger charge is 2.46. The Morgan fingerprint density at radius 1 is 1.06 bits per heavy atom. The molecule has 0 heterocycles. The van der Waals surface area contributed by atoms with Crippen LogP contribution in [0.25, 0.3) is 0 Å². The lowest BCUT2D eigenvalue weighted by molar-refractivity contribution is -0.0436. The number of alkyl halides is 3. The Balaban J connectivity index is 1.95. The highest BCUT2D eigenvalue weighted by atomic mass is 32.2. The molecular formula is C19H20F3NO7S. The Labute approximate surface area is 176 Å². The van der Waals surface area contributed by atoms with Gasteiger partial charge in [-0.15, -0.1) is 0 Å². The molecule has 0 fully saturated rings. The van der Waals surface area contributed by atoms with Crippen LogP contribution in [0.5, 0.6) is 17.2 Å². The number of benzene rings is 2. The molecule has 2 aromatic carbocycles. The molecule has 1 amide bonds. The molecule has 1 unspecified atom stereocenters. The van der Waals surface area contributed by atoms with Gasteiger partial charge in [0.15, 0.2) is 11.5 Å². The van der Waals surface area contributed by atoms with E-state index in [0.29, 0.717) is 23.6 Å². The van der Waals surface area contributed by atoms with E-state index in [1.165, 1.54) is 14.2 Å². The second-order valence-electron chi connectivity index (χ2n) is 6.14. The highest BCUT2D eigenvalue weighted by molar-refractivity contribution is 7.92. The van der Waals surface area contributed by atoms with Crippen LogP contribution in [0.3, 0.4) is 0 Å². The van der Waals surface area contributed by atoms with Gasteiger partial charge in [0.05, 0.1) is 19.1 Å². The third kappa shape index (κ3) is 5.79. The van der Waals surface area contributed by atoms with Crippen LogP contribution >= 0.6 is 0 Å². The summed E-state index contributed by atoms with van der Waals surface area (Å²) in [5, 5.41) is 12.4. The van der Waals surface area contributed by atoms with E-state index in [-0.39, 0.29) is 24.5 Å². The van der Waals surface area contributed by atoms with Gasteiger partial charge in [0.25, 0.3) is 15.7 Å². The second-order valence-corrected chi connectivity index (χ2v) is 8.08. The summed E-state index contributed by atoms with van der Waals surface area (Å²) in [6, 6.07) is 8.21. The maximum Gasteiger partial charge on any atom is 0.501 e. The molecule has 170 valence electrons. The molecule has 12 heteroatoms. The number of sulfone groups is 1. The summed E-state index contributed by atoms with van der Waals surface area (Å²) in [6.07, 6.45) is -1.14. The minimum atomic E-state index is -5.50. The first kappa shape index (κ1) is 24.3. The Morgan fingerprint density at radius 2 is 1.61 bits per heavy atom. The monoisotopic (exact) mass is 463 g/mol. The molecule has 0 aliphatic carbocycles. The Kier molecular flexibility index (Phi) is 7.74. The number of nitrogens with one attached hydrogen (secondary N) is 1. The summed E-state index contributed by atoms with van der Waals surface area (Å²) in [5.41, 5.74) is -5.52. The number of hydrogen-bond donors (Lipinski definition) is 2. The Hall–Kier alpha value is -2.99. The van der Waals surface area contributed by atoms with Crippen LogP contribution in [0, 0.1) is 0 Å². The van der Waals surface area contributed by atoms with Crippen molar-refractivity contribution in [1.29, 1.82) is 0 Å². The molecule has 0 aliphatic rings. The zero-order chi connectivity index (χ0) is 23.2. The molecule has 8 nitrogen and oxygen atoms in total. The van der Waals surface area contributed by atoms with E-state index >= 15 is 0 Å². The van der Waals surface area contributed by atoms with Crippen molar-refractivity contribution in [3.63, 3.8) is 0 Å². The molecule has 0 radical (unpaired) electrons. The zero-order valence-electron chi connectivity index (χ0n) is 16.5. The van der Waals surface area contributed by atoms with Crippen LogP contribution in [-0.2, 0) is 9.84 Å². The van der Waals surface area contributed by atoms with Gasteiger partial charge < -0.3 is 24.6 Å². The van der Waals surface area contributed by atoms with Gasteiger partial charge in [-0.25, -0.2) is 8.42 Å². The number of para-hydroxylation sites is 1. The SMILES string of the molecule is COc1cccc(OC)c1OCC(O)CNC(=O)c1ccc(S(=O)(=O)C(F)(F)F)cc1. The van der Waals surface area contributed by atoms with Crippen molar-refractivity contribution in [3.8, 4) is 17.2 Å². The number of rotatable bonds is 9. The van der Waals surface area contributed by atoms with E-state index in [9.17, 15) is 31.5 Å². The van der Waals surface area contributed by atoms with Gasteiger partial charge in [-0.1, -0.05) is 6.07 Å². The first-order valence-corrected chi connectivity index (χ1v) is 10.2. The van der Waals surface area contributed by atoms with Crippen molar-refractivity contribution >= 4 is 15.7 Å². The van der Waals surface area contributed by atoms with Crippen molar-refractivity contribution in [2.45, 2.75) is 16.5 Å². The Bertz CT molecular complexity index is 986. The Morgan fingerprint density at radius 3 is 2.10 bits per heavy atom. The van der Waals surface area contributed by atoms with Crippen LogP contribution in [0.15, 0.2) is 47.4 Å². The first-order valence-electron chi connectivity index (χ1n) is 8.72. The topological polar surface area (TPSA) is 111 Å². The van der Waals surface area contributed by atoms with E-state index in [1.807, 2.05) is 0 Å². The van der Waals surface area contributed by atoms with Crippen LogP contribution in [0.1, 0.15) is 10.4 Å². The number of ether oxygens (including phenoxy) is 3. The summed E-state index contributed by atoms with van der Waals surface area (Å²) in [5.74, 6) is 0.304. The number of aliphatic hydroxyl groups excluding tert-OH is 1. The van der Waals surface area contributed by atoms with Gasteiger partial charge >= 0.3 is 5.51 Å². The number of carbonyl (C=O) groups is 1. The summed E-state index contributed by atoms with van der Waals surface area (Å²) in [4.78, 5) is 11.1. The van der Waals surface area contributed by atoms with E-state index in [0.717, 1.165) is 12.1 Å². The third-order valence-electron chi connectivity index (χ3n) is 4.03. The summed E-state index contributed by atoms with van der Waals surface area (Å²) >= 11 is 0. The number of carbonyl (C=O) groups excluding carboxylic acids is 1. The molecule has 0 spiro atoms. The lowest BCUT2D eigenvalue weighted by atomic mass is 10.2. The predicted octanol–water partition coefficient (Wildman–Crippen LogP) is 2.17. The number of amides is 1. The first-order chi connectivity index (χ1) is 14.5. The normalized spacial score (nSPS) is 12.7. The van der Waals surface area contributed by atoms with Gasteiger partial charge in [0.1, 0.15) is 12.7 Å². The lowest BCUT2D eigenvalue weighted by Crippen LogP contribution is -2.35. The van der Waals surface area contributed by atoms with Gasteiger partial charge in [-0.3, -0.25) is 4.79 Å². The van der Waals surface area contributed by atoms with E-state index in [1.54, 1.807) is 18.2 Å². The fraction of sp³-hybridized carbons (Fsp3) is 0.316. The molecule has 2 N–H and O–H groups in total. The molecule has 0 saturated heterocycles. The zero-order valence-corrected chi connectivity index (χ0v) is 17.3. The number of halogens is 3. The largest absolute Gasteiger partial charge is 0.501 e. The smallest absolute Gasteiger partial charge is 0.493 e. The maximum atomic E-state index is 12.6. The van der Waals surface area contributed by atoms with Crippen LogP contribution < -0.4 is 19.5 Å². The van der Waals surface area contributed by atoms with E-state index < -0.39 is 32.3 Å². The summed E-state index contributed by atoms with van der Waals surface area (Å²) < 4.78 is 76.2. The number of aliphatic hydroxyl groups is 1. The minimum Gasteiger partial charge on any atom is -0.493 e. The summed E-state index contributed by atoms with van der Waals surface area (Å²) in [6.45, 7) is -0.460. The molecule has 1 atom stereocenters. The van der Waals surface area contributed by atoms with Crippen molar-refractivity contribution in [3.05, 3.63) is 48.0 Å². The number of methoxy groups -OCH3 is 2.